The predicted molar refractivity (Wildman–Crippen MR) is 121 cm³/mol. The molecule has 0 aliphatic heterocycles. The largest absolute Gasteiger partial charge is 0.383 e. The number of methoxy groups -OCH3 is 1. The van der Waals surface area contributed by atoms with Crippen LogP contribution in [0.1, 0.15) is 31.1 Å². The van der Waals surface area contributed by atoms with Crippen LogP contribution in [0.4, 0.5) is 10.3 Å². The molecule has 0 spiro atoms. The Morgan fingerprint density at radius 2 is 2.19 bits per heavy atom. The number of nitrogens with zero attached hydrogens (tertiary/aromatic N) is 4. The van der Waals surface area contributed by atoms with Crippen molar-refractivity contribution in [1.29, 1.82) is 0 Å². The van der Waals surface area contributed by atoms with Crippen LogP contribution in [0.25, 0.3) is 27.7 Å². The standard InChI is InChI=1S/C22H26FN7O2/c1-13(11-32-4)28-21-25-9-16-15(8-24-19(16)29-21)14-5-6-30-18(7-14)17(10-27-30)20(31)26-12-22(2,3)23/h5-10,13H,11-12H2,1-4H3,(H,26,31)(H2,24,25,28,29)/t13-/m0/s1. The quantitative estimate of drug-likeness (QED) is 0.389. The van der Waals surface area contributed by atoms with Gasteiger partial charge in [0.05, 0.1) is 30.4 Å². The first-order valence-corrected chi connectivity index (χ1v) is 10.3. The Kier molecular flexibility index (Phi) is 5.79. The molecule has 0 unspecified atom stereocenters. The third-order valence-corrected chi connectivity index (χ3v) is 4.97. The summed E-state index contributed by atoms with van der Waals surface area (Å²) in [6.45, 7) is 5.28. The first kappa shape index (κ1) is 21.7. The summed E-state index contributed by atoms with van der Waals surface area (Å²) in [4.78, 5) is 24.7. The molecule has 0 aromatic carbocycles. The van der Waals surface area contributed by atoms with E-state index in [0.29, 0.717) is 29.3 Å². The van der Waals surface area contributed by atoms with Crippen LogP contribution < -0.4 is 10.6 Å². The van der Waals surface area contributed by atoms with Gasteiger partial charge in [-0.3, -0.25) is 4.79 Å². The minimum absolute atomic E-state index is 0.0729. The molecule has 0 bridgehead atoms. The molecule has 4 rings (SSSR count). The third kappa shape index (κ3) is 4.54. The molecule has 168 valence electrons. The number of hydrogen-bond donors (Lipinski definition) is 3. The molecule has 4 heterocycles. The molecule has 1 amide bonds. The number of carbonyl (C=O) groups excluding carboxylic acids is 1. The summed E-state index contributed by atoms with van der Waals surface area (Å²) < 4.78 is 20.5. The van der Waals surface area contributed by atoms with Gasteiger partial charge in [0.15, 0.2) is 0 Å². The third-order valence-electron chi connectivity index (χ3n) is 4.97. The second kappa shape index (κ2) is 8.54. The number of carbonyl (C=O) groups is 1. The number of H-pyrrole nitrogens is 1. The first-order chi connectivity index (χ1) is 15.2. The zero-order valence-corrected chi connectivity index (χ0v) is 18.4. The second-order valence-corrected chi connectivity index (χ2v) is 8.36. The van der Waals surface area contributed by atoms with Crippen molar-refractivity contribution in [2.75, 3.05) is 25.6 Å². The number of hydrogen-bond acceptors (Lipinski definition) is 6. The molecule has 0 saturated heterocycles. The molecular weight excluding hydrogens is 413 g/mol. The molecule has 0 saturated carbocycles. The van der Waals surface area contributed by atoms with Gasteiger partial charge >= 0.3 is 0 Å². The first-order valence-electron chi connectivity index (χ1n) is 10.3. The van der Waals surface area contributed by atoms with E-state index in [2.05, 4.69) is 30.7 Å². The lowest BCUT2D eigenvalue weighted by molar-refractivity contribution is 0.0922. The fraction of sp³-hybridized carbons (Fsp3) is 0.364. The lowest BCUT2D eigenvalue weighted by Crippen LogP contribution is -2.35. The fourth-order valence-corrected chi connectivity index (χ4v) is 3.44. The van der Waals surface area contributed by atoms with Gasteiger partial charge in [0.2, 0.25) is 5.95 Å². The van der Waals surface area contributed by atoms with E-state index in [0.717, 1.165) is 16.5 Å². The fourth-order valence-electron chi connectivity index (χ4n) is 3.44. The van der Waals surface area contributed by atoms with Gasteiger partial charge in [0, 0.05) is 42.7 Å². The van der Waals surface area contributed by atoms with Gasteiger partial charge < -0.3 is 20.4 Å². The lowest BCUT2D eigenvalue weighted by Gasteiger charge is -2.14. The van der Waals surface area contributed by atoms with E-state index >= 15 is 0 Å². The number of ether oxygens (including phenoxy) is 1. The highest BCUT2D eigenvalue weighted by molar-refractivity contribution is 6.02. The number of aromatic amines is 1. The van der Waals surface area contributed by atoms with Crippen molar-refractivity contribution < 1.29 is 13.9 Å². The number of anilines is 1. The van der Waals surface area contributed by atoms with Crippen LogP contribution in [0.3, 0.4) is 0 Å². The van der Waals surface area contributed by atoms with E-state index in [-0.39, 0.29) is 18.5 Å². The highest BCUT2D eigenvalue weighted by atomic mass is 19.1. The van der Waals surface area contributed by atoms with Gasteiger partial charge in [-0.25, -0.2) is 13.9 Å². The Balaban J connectivity index is 1.64. The van der Waals surface area contributed by atoms with Gasteiger partial charge in [-0.1, -0.05) is 0 Å². The van der Waals surface area contributed by atoms with Crippen molar-refractivity contribution in [3.8, 4) is 11.1 Å². The topological polar surface area (TPSA) is 109 Å². The summed E-state index contributed by atoms with van der Waals surface area (Å²) in [5, 5.41) is 10.9. The van der Waals surface area contributed by atoms with E-state index in [4.69, 9.17) is 4.74 Å². The smallest absolute Gasteiger partial charge is 0.255 e. The van der Waals surface area contributed by atoms with E-state index < -0.39 is 5.67 Å². The summed E-state index contributed by atoms with van der Waals surface area (Å²) >= 11 is 0. The van der Waals surface area contributed by atoms with Crippen molar-refractivity contribution in [3.63, 3.8) is 0 Å². The Hall–Kier alpha value is -3.53. The monoisotopic (exact) mass is 439 g/mol. The molecule has 4 aromatic heterocycles. The minimum Gasteiger partial charge on any atom is -0.383 e. The van der Waals surface area contributed by atoms with Crippen LogP contribution in [-0.2, 0) is 4.74 Å². The van der Waals surface area contributed by atoms with Crippen LogP contribution in [0.2, 0.25) is 0 Å². The average molecular weight is 439 g/mol. The molecule has 9 nitrogen and oxygen atoms in total. The van der Waals surface area contributed by atoms with Crippen LogP contribution in [0.5, 0.6) is 0 Å². The van der Waals surface area contributed by atoms with Crippen LogP contribution in [0.15, 0.2) is 36.9 Å². The normalized spacial score (nSPS) is 12.9. The molecular formula is C22H26FN7O2. The van der Waals surface area contributed by atoms with Crippen LogP contribution in [-0.4, -0.2) is 62.4 Å². The van der Waals surface area contributed by atoms with Crippen LogP contribution >= 0.6 is 0 Å². The van der Waals surface area contributed by atoms with Gasteiger partial charge in [-0.2, -0.15) is 10.1 Å². The molecule has 0 aliphatic carbocycles. The molecule has 3 N–H and O–H groups in total. The number of nitrogens with one attached hydrogen (secondary N) is 3. The summed E-state index contributed by atoms with van der Waals surface area (Å²) in [5.74, 6) is 0.141. The van der Waals surface area contributed by atoms with Gasteiger partial charge in [0.25, 0.3) is 5.91 Å². The number of halogens is 1. The summed E-state index contributed by atoms with van der Waals surface area (Å²) in [6.07, 6.45) is 6.88. The number of pyridine rings is 1. The van der Waals surface area contributed by atoms with E-state index in [1.807, 2.05) is 25.3 Å². The maximum Gasteiger partial charge on any atom is 0.255 e. The molecule has 32 heavy (non-hydrogen) atoms. The number of rotatable bonds is 8. The van der Waals surface area contributed by atoms with E-state index in [1.54, 1.807) is 24.0 Å². The number of alkyl halides is 1. The van der Waals surface area contributed by atoms with Gasteiger partial charge in [0.1, 0.15) is 11.3 Å². The van der Waals surface area contributed by atoms with Crippen molar-refractivity contribution in [3.05, 3.63) is 42.5 Å². The van der Waals surface area contributed by atoms with E-state index in [1.165, 1.54) is 20.0 Å². The number of fused-ring (bicyclic) bond motifs is 2. The van der Waals surface area contributed by atoms with E-state index in [9.17, 15) is 9.18 Å². The maximum absolute atomic E-state index is 13.8. The summed E-state index contributed by atoms with van der Waals surface area (Å²) in [5.41, 5.74) is 1.98. The second-order valence-electron chi connectivity index (χ2n) is 8.36. The van der Waals surface area contributed by atoms with Gasteiger partial charge in [-0.05, 0) is 38.5 Å². The van der Waals surface area contributed by atoms with Crippen molar-refractivity contribution >= 4 is 28.4 Å². The predicted octanol–water partition coefficient (Wildman–Crippen LogP) is 3.20. The average Bonchev–Trinajstić information content (AvgIpc) is 3.35. The maximum atomic E-state index is 13.8. The Labute approximate surface area is 184 Å². The number of amides is 1. The molecule has 0 aliphatic rings. The molecule has 1 atom stereocenters. The molecule has 4 aromatic rings. The highest BCUT2D eigenvalue weighted by Gasteiger charge is 2.20. The highest BCUT2D eigenvalue weighted by Crippen LogP contribution is 2.29. The van der Waals surface area contributed by atoms with Crippen molar-refractivity contribution in [1.82, 2.24) is 29.9 Å². The Morgan fingerprint density at radius 1 is 1.38 bits per heavy atom. The zero-order chi connectivity index (χ0) is 22.9. The molecule has 0 fully saturated rings. The van der Waals surface area contributed by atoms with Crippen LogP contribution in [0, 0.1) is 0 Å². The van der Waals surface area contributed by atoms with Crippen molar-refractivity contribution in [2.24, 2.45) is 0 Å². The molecule has 10 heteroatoms. The van der Waals surface area contributed by atoms with Gasteiger partial charge in [-0.15, -0.1) is 0 Å². The lowest BCUT2D eigenvalue weighted by atomic mass is 10.1. The summed E-state index contributed by atoms with van der Waals surface area (Å²) in [7, 11) is 1.65. The zero-order valence-electron chi connectivity index (χ0n) is 18.4. The molecule has 0 radical (unpaired) electrons. The Morgan fingerprint density at radius 3 is 2.94 bits per heavy atom. The minimum atomic E-state index is -1.50. The Bertz CT molecular complexity index is 1260. The SMILES string of the molecule is COC[C@H](C)Nc1ncc2c(-c3ccn4ncc(C(=O)NCC(C)(C)F)c4c3)c[nH]c2n1. The number of aromatic nitrogens is 5. The summed E-state index contributed by atoms with van der Waals surface area (Å²) in [6, 6.07) is 3.85. The van der Waals surface area contributed by atoms with Crippen molar-refractivity contribution in [2.45, 2.75) is 32.5 Å².